The quantitative estimate of drug-likeness (QED) is 0.431. The van der Waals surface area contributed by atoms with Crippen molar-refractivity contribution in [2.45, 2.75) is 71.1 Å². The van der Waals surface area contributed by atoms with Gasteiger partial charge in [-0.15, -0.1) is 8.19 Å². The Morgan fingerprint density at radius 2 is 1.65 bits per heavy atom. The average Bonchev–Trinajstić information content (AvgIpc) is 2.90. The van der Waals surface area contributed by atoms with E-state index in [0.29, 0.717) is 0 Å². The summed E-state index contributed by atoms with van der Waals surface area (Å²) in [6.45, 7) is 4.71. The van der Waals surface area contributed by atoms with Crippen LogP contribution in [0.15, 0.2) is 30.3 Å². The third-order valence-corrected chi connectivity index (χ3v) is 5.97. The predicted octanol–water partition coefficient (Wildman–Crippen LogP) is 7.12. The highest BCUT2D eigenvalue weighted by Gasteiger charge is 2.08. The molecule has 0 fully saturated rings. The van der Waals surface area contributed by atoms with Crippen LogP contribution in [0.3, 0.4) is 0 Å². The van der Waals surface area contributed by atoms with Crippen molar-refractivity contribution in [3.05, 3.63) is 35.6 Å². The van der Waals surface area contributed by atoms with Crippen LogP contribution in [0.1, 0.15) is 76.4 Å². The molecule has 0 nitrogen and oxygen atoms in total. The van der Waals surface area contributed by atoms with Crippen molar-refractivity contribution < 1.29 is 0 Å². The molecule has 1 heteroatoms. The Bertz CT molecular complexity index is 464. The molecule has 1 heterocycles. The van der Waals surface area contributed by atoms with E-state index in [2.05, 4.69) is 44.2 Å². The van der Waals surface area contributed by atoms with Gasteiger partial charge in [-0.2, -0.15) is 0 Å². The molecule has 2 rings (SSSR count). The SMILES string of the molecule is CCCCCCCCCC(C)c1cc2ccccc2[pH]1. The molecule has 0 aliphatic carbocycles. The lowest BCUT2D eigenvalue weighted by molar-refractivity contribution is 0.552. The van der Waals surface area contributed by atoms with Crippen LogP contribution in [0.4, 0.5) is 0 Å². The highest BCUT2D eigenvalue weighted by Crippen LogP contribution is 2.36. The van der Waals surface area contributed by atoms with E-state index >= 15 is 0 Å². The van der Waals surface area contributed by atoms with Crippen molar-refractivity contribution in [3.63, 3.8) is 0 Å². The van der Waals surface area contributed by atoms with E-state index in [1.807, 2.05) is 0 Å². The van der Waals surface area contributed by atoms with Gasteiger partial charge in [0.2, 0.25) is 0 Å². The molecule has 2 aromatic rings. The third kappa shape index (κ3) is 4.67. The Morgan fingerprint density at radius 1 is 0.950 bits per heavy atom. The molecule has 0 N–H and O–H groups in total. The molecule has 0 saturated carbocycles. The fraction of sp³-hybridized carbons (Fsp3) is 0.579. The van der Waals surface area contributed by atoms with Crippen molar-refractivity contribution in [2.24, 2.45) is 0 Å². The smallest absolute Gasteiger partial charge is 0.00155 e. The molecule has 110 valence electrons. The van der Waals surface area contributed by atoms with Gasteiger partial charge in [-0.05, 0) is 34.2 Å². The van der Waals surface area contributed by atoms with E-state index < -0.39 is 0 Å². The second kappa shape index (κ2) is 8.53. The Kier molecular flexibility index (Phi) is 6.67. The van der Waals surface area contributed by atoms with Crippen molar-refractivity contribution in [1.82, 2.24) is 0 Å². The fourth-order valence-corrected chi connectivity index (χ4v) is 4.33. The minimum Gasteiger partial charge on any atom is -0.128 e. The summed E-state index contributed by atoms with van der Waals surface area (Å²) in [5, 5.41) is 4.69. The van der Waals surface area contributed by atoms with Crippen LogP contribution in [0.25, 0.3) is 10.5 Å². The van der Waals surface area contributed by atoms with Gasteiger partial charge in [-0.1, -0.05) is 83.1 Å². The number of hydrogen-bond donors (Lipinski definition) is 0. The normalized spacial score (nSPS) is 13.3. The van der Waals surface area contributed by atoms with Gasteiger partial charge >= 0.3 is 0 Å². The van der Waals surface area contributed by atoms with Crippen molar-refractivity contribution in [2.75, 3.05) is 0 Å². The van der Waals surface area contributed by atoms with Crippen LogP contribution in [0.5, 0.6) is 0 Å². The molecular formula is C19H29P. The summed E-state index contributed by atoms with van der Waals surface area (Å²) >= 11 is 0. The van der Waals surface area contributed by atoms with Crippen LogP contribution in [-0.4, -0.2) is 0 Å². The summed E-state index contributed by atoms with van der Waals surface area (Å²) in [4.78, 5) is 0. The van der Waals surface area contributed by atoms with E-state index in [4.69, 9.17) is 0 Å². The fourth-order valence-electron chi connectivity index (χ4n) is 2.92. The summed E-state index contributed by atoms with van der Waals surface area (Å²) in [6, 6.07) is 11.3. The topological polar surface area (TPSA) is 0 Å². The first-order chi connectivity index (χ1) is 9.81. The van der Waals surface area contributed by atoms with Crippen LogP contribution in [0, 0.1) is 0 Å². The number of unbranched alkanes of at least 4 members (excludes halogenated alkanes) is 6. The second-order valence-electron chi connectivity index (χ2n) is 6.12. The molecule has 0 aliphatic rings. The largest absolute Gasteiger partial charge is 0.128 e. The Labute approximate surface area is 126 Å². The molecule has 0 aliphatic heterocycles. The molecule has 0 saturated heterocycles. The van der Waals surface area contributed by atoms with Gasteiger partial charge in [0.15, 0.2) is 0 Å². The zero-order valence-electron chi connectivity index (χ0n) is 13.1. The Morgan fingerprint density at radius 3 is 2.40 bits per heavy atom. The van der Waals surface area contributed by atoms with E-state index in [9.17, 15) is 0 Å². The summed E-state index contributed by atoms with van der Waals surface area (Å²) in [7, 11) is 0.924. The third-order valence-electron chi connectivity index (χ3n) is 4.32. The number of fused-ring (bicyclic) bond motifs is 1. The number of rotatable bonds is 9. The van der Waals surface area contributed by atoms with Gasteiger partial charge < -0.3 is 0 Å². The molecule has 0 spiro atoms. The summed E-state index contributed by atoms with van der Waals surface area (Å²) in [5.41, 5.74) is 0. The van der Waals surface area contributed by atoms with E-state index in [1.165, 1.54) is 56.8 Å². The lowest BCUT2D eigenvalue weighted by atomic mass is 10.00. The van der Waals surface area contributed by atoms with Crippen molar-refractivity contribution >= 4 is 18.7 Å². The minimum absolute atomic E-state index is 0.774. The molecule has 0 radical (unpaired) electrons. The number of hydrogen-bond acceptors (Lipinski definition) is 0. The minimum atomic E-state index is 0.774. The predicted molar refractivity (Wildman–Crippen MR) is 94.5 cm³/mol. The first-order valence-corrected chi connectivity index (χ1v) is 9.39. The first-order valence-electron chi connectivity index (χ1n) is 8.39. The van der Waals surface area contributed by atoms with Gasteiger partial charge in [0.25, 0.3) is 0 Å². The van der Waals surface area contributed by atoms with E-state index in [1.54, 1.807) is 10.4 Å². The van der Waals surface area contributed by atoms with Crippen LogP contribution in [0.2, 0.25) is 0 Å². The van der Waals surface area contributed by atoms with Gasteiger partial charge in [0, 0.05) is 0 Å². The maximum atomic E-state index is 2.44. The van der Waals surface area contributed by atoms with E-state index in [0.717, 1.165) is 14.1 Å². The first kappa shape index (κ1) is 15.6. The Balaban J connectivity index is 1.70. The molecule has 2 atom stereocenters. The summed E-state index contributed by atoms with van der Waals surface area (Å²) < 4.78 is 0. The van der Waals surface area contributed by atoms with Gasteiger partial charge in [0.1, 0.15) is 0 Å². The zero-order valence-corrected chi connectivity index (χ0v) is 14.1. The van der Waals surface area contributed by atoms with Gasteiger partial charge in [0.05, 0.1) is 0 Å². The lowest BCUT2D eigenvalue weighted by Gasteiger charge is -2.09. The van der Waals surface area contributed by atoms with Crippen LogP contribution in [-0.2, 0) is 0 Å². The molecule has 20 heavy (non-hydrogen) atoms. The number of benzene rings is 1. The molecular weight excluding hydrogens is 259 g/mol. The van der Waals surface area contributed by atoms with Crippen LogP contribution >= 0.6 is 8.19 Å². The van der Waals surface area contributed by atoms with Gasteiger partial charge in [-0.25, -0.2) is 0 Å². The summed E-state index contributed by atoms with van der Waals surface area (Å²) in [6.07, 6.45) is 11.3. The molecule has 0 bridgehead atoms. The standard InChI is InChI=1S/C19H29P/c1-3-4-5-6-7-8-9-12-16(2)19-15-17-13-10-11-14-18(17)20-19/h10-11,13-16,20H,3-9,12H2,1-2H3. The molecule has 0 amide bonds. The van der Waals surface area contributed by atoms with Crippen molar-refractivity contribution in [1.29, 1.82) is 0 Å². The highest BCUT2D eigenvalue weighted by atomic mass is 31.0. The van der Waals surface area contributed by atoms with Crippen LogP contribution < -0.4 is 0 Å². The zero-order chi connectivity index (χ0) is 14.2. The van der Waals surface area contributed by atoms with Gasteiger partial charge in [-0.3, -0.25) is 0 Å². The maximum absolute atomic E-state index is 2.44. The highest BCUT2D eigenvalue weighted by molar-refractivity contribution is 7.38. The maximum Gasteiger partial charge on any atom is -0.00155 e. The average molecular weight is 288 g/mol. The van der Waals surface area contributed by atoms with E-state index in [-0.39, 0.29) is 0 Å². The molecule has 1 aromatic heterocycles. The second-order valence-corrected chi connectivity index (χ2v) is 7.49. The summed E-state index contributed by atoms with van der Waals surface area (Å²) in [5.74, 6) is 0.774. The monoisotopic (exact) mass is 288 g/mol. The molecule has 1 aromatic carbocycles. The molecule has 2 unspecified atom stereocenters. The van der Waals surface area contributed by atoms with Crippen molar-refractivity contribution in [3.8, 4) is 0 Å². The Hall–Kier alpha value is -0.740. The lowest BCUT2D eigenvalue weighted by Crippen LogP contribution is -1.90.